The van der Waals surface area contributed by atoms with Crippen molar-refractivity contribution in [1.82, 2.24) is 4.90 Å². The van der Waals surface area contributed by atoms with Crippen LogP contribution in [0, 0.1) is 16.0 Å². The SMILES string of the molecule is O=C(c1cccc([N+](=O)[O-])c1)[C@@H]1[C@H](C(=O)c2ccc3c(c2)OCO3)N2C=Cc3ccccc3[C@@H]2[C@]12C(=O)Nc1ccccc12. The largest absolute Gasteiger partial charge is 0.454 e. The average molecular weight is 586 g/mol. The zero-order valence-corrected chi connectivity index (χ0v) is 23.0. The van der Waals surface area contributed by atoms with Gasteiger partial charge in [-0.2, -0.15) is 0 Å². The van der Waals surface area contributed by atoms with Gasteiger partial charge in [-0.1, -0.05) is 54.6 Å². The summed E-state index contributed by atoms with van der Waals surface area (Å²) >= 11 is 0. The maximum absolute atomic E-state index is 14.9. The molecular weight excluding hydrogens is 562 g/mol. The molecule has 10 heteroatoms. The van der Waals surface area contributed by atoms with E-state index in [0.29, 0.717) is 22.7 Å². The number of hydrogen-bond donors (Lipinski definition) is 1. The lowest BCUT2D eigenvalue weighted by Crippen LogP contribution is -2.49. The Balaban J connectivity index is 1.40. The number of non-ortho nitro benzene ring substituents is 1. The molecule has 0 bridgehead atoms. The molecule has 10 nitrogen and oxygen atoms in total. The van der Waals surface area contributed by atoms with Crippen LogP contribution in [0.3, 0.4) is 0 Å². The number of carbonyl (C=O) groups is 3. The van der Waals surface area contributed by atoms with Crippen molar-refractivity contribution < 1.29 is 28.8 Å². The van der Waals surface area contributed by atoms with E-state index in [-0.39, 0.29) is 23.6 Å². The maximum atomic E-state index is 14.9. The Morgan fingerprint density at radius 1 is 0.886 bits per heavy atom. The summed E-state index contributed by atoms with van der Waals surface area (Å²) in [5, 5.41) is 14.7. The van der Waals surface area contributed by atoms with Crippen molar-refractivity contribution >= 4 is 34.9 Å². The number of para-hydroxylation sites is 1. The Morgan fingerprint density at radius 2 is 1.66 bits per heavy atom. The normalized spacial score (nSPS) is 23.6. The Morgan fingerprint density at radius 3 is 2.52 bits per heavy atom. The second kappa shape index (κ2) is 9.37. The van der Waals surface area contributed by atoms with Gasteiger partial charge in [0.1, 0.15) is 11.5 Å². The summed E-state index contributed by atoms with van der Waals surface area (Å²) < 4.78 is 11.0. The topological polar surface area (TPSA) is 128 Å². The van der Waals surface area contributed by atoms with E-state index >= 15 is 0 Å². The number of carbonyl (C=O) groups excluding carboxylic acids is 3. The van der Waals surface area contributed by atoms with Gasteiger partial charge in [-0.3, -0.25) is 24.5 Å². The molecule has 1 amide bonds. The standard InChI is InChI=1S/C34H23N3O7/c38-30(20-7-5-8-22(16-20)37(41)42)28-29(31(39)21-12-13-26-27(17-21)44-18-43-26)36-15-14-19-6-1-2-9-23(19)32(36)34(28)24-10-3-4-11-25(24)35-33(34)40/h1-17,28-29,32H,18H2,(H,35,40)/t28-,29+,32+,34+/m0/s1. The Kier molecular flexibility index (Phi) is 5.51. The lowest BCUT2D eigenvalue weighted by Gasteiger charge is -2.38. The average Bonchev–Trinajstić information content (AvgIpc) is 3.73. The first-order valence-electron chi connectivity index (χ1n) is 14.1. The minimum atomic E-state index is -1.55. The number of nitrogens with zero attached hydrogens (tertiary/aromatic N) is 2. The summed E-state index contributed by atoms with van der Waals surface area (Å²) in [6, 6.07) is 23.2. The fourth-order valence-electron chi connectivity index (χ4n) is 7.34. The number of nitro benzene ring substituents is 1. The van der Waals surface area contributed by atoms with Crippen LogP contribution in [-0.2, 0) is 10.2 Å². The van der Waals surface area contributed by atoms with Crippen LogP contribution in [0.2, 0.25) is 0 Å². The van der Waals surface area contributed by atoms with Crippen molar-refractivity contribution in [3.8, 4) is 11.5 Å². The number of nitro groups is 1. The van der Waals surface area contributed by atoms with Crippen LogP contribution >= 0.6 is 0 Å². The third kappa shape index (κ3) is 3.45. The van der Waals surface area contributed by atoms with Crippen molar-refractivity contribution in [2.75, 3.05) is 12.1 Å². The van der Waals surface area contributed by atoms with E-state index in [0.717, 1.165) is 11.1 Å². The van der Waals surface area contributed by atoms with Crippen LogP contribution in [0.4, 0.5) is 11.4 Å². The van der Waals surface area contributed by atoms with Gasteiger partial charge in [0.2, 0.25) is 12.7 Å². The third-order valence-corrected chi connectivity index (χ3v) is 9.12. The monoisotopic (exact) mass is 585 g/mol. The van der Waals surface area contributed by atoms with Crippen LogP contribution in [0.5, 0.6) is 11.5 Å². The number of benzene rings is 4. The molecule has 4 aliphatic rings. The zero-order valence-electron chi connectivity index (χ0n) is 23.0. The van der Waals surface area contributed by atoms with Gasteiger partial charge >= 0.3 is 0 Å². The van der Waals surface area contributed by atoms with Gasteiger partial charge in [0, 0.05) is 35.1 Å². The van der Waals surface area contributed by atoms with Gasteiger partial charge in [0.25, 0.3) is 5.69 Å². The molecule has 4 atom stereocenters. The molecule has 0 saturated carbocycles. The minimum absolute atomic E-state index is 0.0259. The van der Waals surface area contributed by atoms with Crippen molar-refractivity contribution in [1.29, 1.82) is 0 Å². The van der Waals surface area contributed by atoms with Crippen LogP contribution in [0.15, 0.2) is 97.2 Å². The molecule has 8 rings (SSSR count). The van der Waals surface area contributed by atoms with Crippen molar-refractivity contribution in [2.45, 2.75) is 17.5 Å². The van der Waals surface area contributed by atoms with Gasteiger partial charge in [0.15, 0.2) is 23.1 Å². The molecule has 216 valence electrons. The van der Waals surface area contributed by atoms with Crippen LogP contribution < -0.4 is 14.8 Å². The van der Waals surface area contributed by atoms with E-state index in [1.165, 1.54) is 24.3 Å². The number of nitrogens with one attached hydrogen (secondary N) is 1. The fourth-order valence-corrected chi connectivity index (χ4v) is 7.34. The number of ether oxygens (including phenoxy) is 2. The molecule has 44 heavy (non-hydrogen) atoms. The fraction of sp³-hybridized carbons (Fsp3) is 0.147. The Hall–Kier alpha value is -5.77. The summed E-state index contributed by atoms with van der Waals surface area (Å²) in [5.74, 6) is -1.70. The molecule has 1 fully saturated rings. The van der Waals surface area contributed by atoms with Gasteiger partial charge in [-0.05, 0) is 47.0 Å². The number of amides is 1. The quantitative estimate of drug-likeness (QED) is 0.190. The molecule has 0 aliphatic carbocycles. The van der Waals surface area contributed by atoms with E-state index in [1.807, 2.05) is 41.3 Å². The van der Waals surface area contributed by atoms with Gasteiger partial charge in [0.05, 0.1) is 16.9 Å². The predicted octanol–water partition coefficient (Wildman–Crippen LogP) is 5.31. The highest BCUT2D eigenvalue weighted by molar-refractivity contribution is 6.16. The summed E-state index contributed by atoms with van der Waals surface area (Å²) in [6.45, 7) is 0.0259. The molecule has 4 aliphatic heterocycles. The van der Waals surface area contributed by atoms with Crippen LogP contribution in [0.25, 0.3) is 6.08 Å². The summed E-state index contributed by atoms with van der Waals surface area (Å²) in [4.78, 5) is 57.1. The molecule has 0 unspecified atom stereocenters. The molecule has 1 N–H and O–H groups in total. The second-order valence-corrected chi connectivity index (χ2v) is 11.2. The Bertz CT molecular complexity index is 1970. The summed E-state index contributed by atoms with van der Waals surface area (Å²) in [7, 11) is 0. The zero-order chi connectivity index (χ0) is 30.2. The molecule has 0 radical (unpaired) electrons. The van der Waals surface area contributed by atoms with Gasteiger partial charge < -0.3 is 19.7 Å². The number of rotatable bonds is 5. The van der Waals surface area contributed by atoms with Crippen molar-refractivity contribution in [3.63, 3.8) is 0 Å². The molecule has 4 aromatic carbocycles. The van der Waals surface area contributed by atoms with Gasteiger partial charge in [-0.15, -0.1) is 0 Å². The molecular formula is C34H23N3O7. The number of ketones is 2. The van der Waals surface area contributed by atoms with E-state index in [2.05, 4.69) is 5.32 Å². The van der Waals surface area contributed by atoms with E-state index in [4.69, 9.17) is 9.47 Å². The predicted molar refractivity (Wildman–Crippen MR) is 158 cm³/mol. The number of fused-ring (bicyclic) bond motifs is 7. The molecule has 4 heterocycles. The smallest absolute Gasteiger partial charge is 0.270 e. The highest BCUT2D eigenvalue weighted by atomic mass is 16.7. The van der Waals surface area contributed by atoms with E-state index < -0.39 is 45.8 Å². The molecule has 0 aromatic heterocycles. The van der Waals surface area contributed by atoms with E-state index in [9.17, 15) is 24.5 Å². The number of hydrogen-bond acceptors (Lipinski definition) is 8. The van der Waals surface area contributed by atoms with Crippen LogP contribution in [-0.4, -0.2) is 40.1 Å². The van der Waals surface area contributed by atoms with Gasteiger partial charge in [-0.25, -0.2) is 0 Å². The Labute approximate surface area is 250 Å². The summed E-state index contributed by atoms with van der Waals surface area (Å²) in [5.41, 5.74) is 1.32. The molecule has 4 aromatic rings. The van der Waals surface area contributed by atoms with Crippen LogP contribution in [0.1, 0.15) is 43.4 Å². The first kappa shape index (κ1) is 25.9. The summed E-state index contributed by atoms with van der Waals surface area (Å²) in [6.07, 6.45) is 3.65. The molecule has 1 saturated heterocycles. The lowest BCUT2D eigenvalue weighted by atomic mass is 9.62. The first-order chi connectivity index (χ1) is 21.4. The van der Waals surface area contributed by atoms with E-state index in [1.54, 1.807) is 42.6 Å². The number of Topliss-reactive ketones (excluding diaryl/α,β-unsaturated/α-hetero) is 2. The second-order valence-electron chi connectivity index (χ2n) is 11.2. The number of anilines is 1. The highest BCUT2D eigenvalue weighted by Crippen LogP contribution is 2.62. The minimum Gasteiger partial charge on any atom is -0.454 e. The molecule has 1 spiro atoms. The van der Waals surface area contributed by atoms with Crippen molar-refractivity contribution in [2.24, 2.45) is 5.92 Å². The highest BCUT2D eigenvalue weighted by Gasteiger charge is 2.70. The first-order valence-corrected chi connectivity index (χ1v) is 14.1. The van der Waals surface area contributed by atoms with Crippen molar-refractivity contribution in [3.05, 3.63) is 135 Å². The third-order valence-electron chi connectivity index (χ3n) is 9.12. The maximum Gasteiger partial charge on any atom is 0.270 e. The lowest BCUT2D eigenvalue weighted by molar-refractivity contribution is -0.384.